The van der Waals surface area contributed by atoms with Gasteiger partial charge in [0.15, 0.2) is 0 Å². The van der Waals surface area contributed by atoms with Crippen molar-refractivity contribution in [2.24, 2.45) is 0 Å². The first-order valence-corrected chi connectivity index (χ1v) is 6.99. The Bertz CT molecular complexity index is 572. The Morgan fingerprint density at radius 1 is 1.14 bits per heavy atom. The van der Waals surface area contributed by atoms with E-state index >= 15 is 0 Å². The van der Waals surface area contributed by atoms with Gasteiger partial charge in [0.2, 0.25) is 0 Å². The molecule has 0 atom stereocenters. The maximum absolute atomic E-state index is 9.10. The normalized spacial score (nSPS) is 9.57. The highest BCUT2D eigenvalue weighted by atomic mass is 32.1. The van der Waals surface area contributed by atoms with Gasteiger partial charge >= 0.3 is 11.9 Å². The molecule has 1 aromatic heterocycles. The highest BCUT2D eigenvalue weighted by Crippen LogP contribution is 2.07. The second-order valence-electron chi connectivity index (χ2n) is 4.06. The number of aromatic nitrogens is 1. The molecule has 21 heavy (non-hydrogen) atoms. The number of nitrogens with one attached hydrogen (secondary N) is 1. The molecule has 1 heterocycles. The van der Waals surface area contributed by atoms with Crippen LogP contribution in [0, 0.1) is 6.92 Å². The summed E-state index contributed by atoms with van der Waals surface area (Å²) in [5.74, 6) is -3.65. The van der Waals surface area contributed by atoms with Gasteiger partial charge in [-0.3, -0.25) is 0 Å². The molecular weight excluding hydrogens is 292 g/mol. The summed E-state index contributed by atoms with van der Waals surface area (Å²) in [5.41, 5.74) is 2.44. The van der Waals surface area contributed by atoms with E-state index in [1.165, 1.54) is 5.56 Å². The zero-order chi connectivity index (χ0) is 15.7. The maximum Gasteiger partial charge on any atom is 0.414 e. The first kappa shape index (κ1) is 16.8. The van der Waals surface area contributed by atoms with Gasteiger partial charge in [0.25, 0.3) is 0 Å². The van der Waals surface area contributed by atoms with E-state index in [2.05, 4.69) is 39.9 Å². The molecule has 7 heteroatoms. The van der Waals surface area contributed by atoms with E-state index in [1.807, 2.05) is 13.0 Å². The first-order valence-electron chi connectivity index (χ1n) is 6.11. The van der Waals surface area contributed by atoms with Crippen molar-refractivity contribution >= 4 is 23.3 Å². The summed E-state index contributed by atoms with van der Waals surface area (Å²) >= 11 is 1.70. The van der Waals surface area contributed by atoms with Crippen molar-refractivity contribution in [3.63, 3.8) is 0 Å². The smallest absolute Gasteiger partial charge is 0.414 e. The number of hydrogen-bond acceptors (Lipinski definition) is 5. The van der Waals surface area contributed by atoms with Crippen molar-refractivity contribution in [1.29, 1.82) is 0 Å². The summed E-state index contributed by atoms with van der Waals surface area (Å²) in [4.78, 5) is 22.6. The summed E-state index contributed by atoms with van der Waals surface area (Å²) in [6, 6.07) is 10.4. The van der Waals surface area contributed by atoms with Gasteiger partial charge in [0, 0.05) is 18.5 Å². The molecule has 0 spiro atoms. The van der Waals surface area contributed by atoms with E-state index in [4.69, 9.17) is 19.8 Å². The molecule has 0 unspecified atom stereocenters. The summed E-state index contributed by atoms with van der Waals surface area (Å²) in [6.07, 6.45) is 0. The second kappa shape index (κ2) is 8.83. The van der Waals surface area contributed by atoms with Gasteiger partial charge in [0.05, 0.1) is 10.7 Å². The molecule has 0 aliphatic carbocycles. The van der Waals surface area contributed by atoms with Crippen LogP contribution in [0.4, 0.5) is 0 Å². The fourth-order valence-electron chi connectivity index (χ4n) is 1.42. The lowest BCUT2D eigenvalue weighted by atomic mass is 10.2. The van der Waals surface area contributed by atoms with E-state index in [-0.39, 0.29) is 0 Å². The number of rotatable bonds is 4. The summed E-state index contributed by atoms with van der Waals surface area (Å²) in [5, 5.41) is 21.4. The van der Waals surface area contributed by atoms with Crippen LogP contribution in [0.5, 0.6) is 0 Å². The highest BCUT2D eigenvalue weighted by molar-refractivity contribution is 7.09. The molecule has 112 valence electrons. The van der Waals surface area contributed by atoms with Crippen LogP contribution in [-0.2, 0) is 22.7 Å². The molecule has 0 fully saturated rings. The number of aryl methyl sites for hydroxylation is 1. The third-order valence-corrected chi connectivity index (χ3v) is 3.15. The van der Waals surface area contributed by atoms with Crippen LogP contribution in [0.1, 0.15) is 16.3 Å². The molecule has 3 N–H and O–H groups in total. The lowest BCUT2D eigenvalue weighted by Gasteiger charge is -2.02. The number of aliphatic carboxylic acids is 2. The molecule has 0 aliphatic rings. The average Bonchev–Trinajstić information content (AvgIpc) is 2.86. The first-order chi connectivity index (χ1) is 9.99. The molecule has 0 saturated carbocycles. The predicted molar refractivity (Wildman–Crippen MR) is 79.1 cm³/mol. The van der Waals surface area contributed by atoms with Crippen LogP contribution < -0.4 is 5.32 Å². The fraction of sp³-hybridized carbons (Fsp3) is 0.214. The van der Waals surface area contributed by atoms with Crippen molar-refractivity contribution in [3.8, 4) is 0 Å². The van der Waals surface area contributed by atoms with Crippen LogP contribution in [0.3, 0.4) is 0 Å². The average molecular weight is 308 g/mol. The quantitative estimate of drug-likeness (QED) is 0.746. The molecule has 6 nitrogen and oxygen atoms in total. The number of carboxylic acid groups (broad SMARTS) is 2. The number of nitrogens with zero attached hydrogens (tertiary/aromatic N) is 1. The fourth-order valence-corrected chi connectivity index (χ4v) is 2.03. The van der Waals surface area contributed by atoms with Gasteiger partial charge in [-0.1, -0.05) is 30.3 Å². The van der Waals surface area contributed by atoms with Gasteiger partial charge in [-0.05, 0) is 12.5 Å². The molecule has 0 aliphatic heterocycles. The van der Waals surface area contributed by atoms with Crippen molar-refractivity contribution in [2.45, 2.75) is 20.0 Å². The van der Waals surface area contributed by atoms with Crippen LogP contribution >= 0.6 is 11.3 Å². The topological polar surface area (TPSA) is 99.5 Å². The zero-order valence-electron chi connectivity index (χ0n) is 11.4. The number of thiazole rings is 1. The monoisotopic (exact) mass is 308 g/mol. The highest BCUT2D eigenvalue weighted by Gasteiger charge is 2.04. The number of benzene rings is 1. The standard InChI is InChI=1S/C12H14N2S.C2H2O4/c1-10-14-12(9-15-10)8-13-7-11-5-3-2-4-6-11;3-1(4)2(5)6/h2-6,9,13H,7-8H2,1H3;(H,3,4)(H,5,6). The Labute approximate surface area is 126 Å². The van der Waals surface area contributed by atoms with Gasteiger partial charge in [-0.2, -0.15) is 0 Å². The Hall–Kier alpha value is -2.25. The Kier molecular flexibility index (Phi) is 7.06. The van der Waals surface area contributed by atoms with E-state index in [0.29, 0.717) is 0 Å². The maximum atomic E-state index is 9.10. The molecule has 0 radical (unpaired) electrons. The zero-order valence-corrected chi connectivity index (χ0v) is 12.3. The van der Waals surface area contributed by atoms with Crippen LogP contribution in [0.2, 0.25) is 0 Å². The molecule has 2 aromatic rings. The largest absolute Gasteiger partial charge is 0.473 e. The van der Waals surface area contributed by atoms with E-state index in [0.717, 1.165) is 23.8 Å². The van der Waals surface area contributed by atoms with E-state index in [9.17, 15) is 0 Å². The second-order valence-corrected chi connectivity index (χ2v) is 5.12. The van der Waals surface area contributed by atoms with E-state index in [1.54, 1.807) is 11.3 Å². The van der Waals surface area contributed by atoms with E-state index < -0.39 is 11.9 Å². The molecule has 0 saturated heterocycles. The van der Waals surface area contributed by atoms with Crippen molar-refractivity contribution < 1.29 is 19.8 Å². The minimum Gasteiger partial charge on any atom is -0.473 e. The Morgan fingerprint density at radius 2 is 1.76 bits per heavy atom. The Balaban J connectivity index is 0.000000315. The number of hydrogen-bond donors (Lipinski definition) is 3. The lowest BCUT2D eigenvalue weighted by molar-refractivity contribution is -0.159. The van der Waals surface area contributed by atoms with Crippen LogP contribution in [0.25, 0.3) is 0 Å². The molecule has 0 amide bonds. The minimum atomic E-state index is -1.82. The summed E-state index contributed by atoms with van der Waals surface area (Å²) in [6.45, 7) is 3.78. The molecule has 0 bridgehead atoms. The predicted octanol–water partition coefficient (Wildman–Crippen LogP) is 1.90. The third-order valence-electron chi connectivity index (χ3n) is 2.33. The number of carbonyl (C=O) groups is 2. The third kappa shape index (κ3) is 7.19. The molecule has 1 aromatic carbocycles. The molecular formula is C14H16N2O4S. The van der Waals surface area contributed by atoms with Gasteiger partial charge in [-0.15, -0.1) is 11.3 Å². The van der Waals surface area contributed by atoms with Gasteiger partial charge < -0.3 is 15.5 Å². The lowest BCUT2D eigenvalue weighted by Crippen LogP contribution is -2.12. The Morgan fingerprint density at radius 3 is 2.24 bits per heavy atom. The summed E-state index contributed by atoms with van der Waals surface area (Å²) < 4.78 is 0. The molecule has 2 rings (SSSR count). The minimum absolute atomic E-state index is 0.846. The van der Waals surface area contributed by atoms with Crippen LogP contribution in [-0.4, -0.2) is 27.1 Å². The summed E-state index contributed by atoms with van der Waals surface area (Å²) in [7, 11) is 0. The van der Waals surface area contributed by atoms with Gasteiger partial charge in [0.1, 0.15) is 0 Å². The SMILES string of the molecule is Cc1nc(CNCc2ccccc2)cs1.O=C(O)C(=O)O. The van der Waals surface area contributed by atoms with Crippen molar-refractivity contribution in [2.75, 3.05) is 0 Å². The van der Waals surface area contributed by atoms with Crippen LogP contribution in [0.15, 0.2) is 35.7 Å². The number of carboxylic acids is 2. The van der Waals surface area contributed by atoms with Crippen molar-refractivity contribution in [3.05, 3.63) is 52.0 Å². The van der Waals surface area contributed by atoms with Crippen molar-refractivity contribution in [1.82, 2.24) is 10.3 Å². The van der Waals surface area contributed by atoms with Gasteiger partial charge in [-0.25, -0.2) is 14.6 Å².